The van der Waals surface area contributed by atoms with Crippen LogP contribution in [0.3, 0.4) is 0 Å². The Hall–Kier alpha value is -2.47. The number of benzene rings is 1. The van der Waals surface area contributed by atoms with Crippen LogP contribution in [-0.2, 0) is 11.3 Å². The van der Waals surface area contributed by atoms with Gasteiger partial charge in [0.1, 0.15) is 12.4 Å². The van der Waals surface area contributed by atoms with E-state index in [-0.39, 0.29) is 17.6 Å². The molecule has 144 valence electrons. The van der Waals surface area contributed by atoms with E-state index in [1.165, 1.54) is 24.1 Å². The smallest absolute Gasteiger partial charge is 0.339 e. The molecule has 1 aliphatic rings. The number of ketones is 1. The van der Waals surface area contributed by atoms with Crippen LogP contribution in [0.5, 0.6) is 0 Å². The molecule has 0 radical (unpaired) electrons. The molecule has 2 atom stereocenters. The highest BCUT2D eigenvalue weighted by Crippen LogP contribution is 2.21. The lowest BCUT2D eigenvalue weighted by atomic mass is 10.0. The first-order valence-corrected chi connectivity index (χ1v) is 9.25. The average Bonchev–Trinajstić information content (AvgIpc) is 3.44. The molecule has 1 unspecified atom stereocenters. The van der Waals surface area contributed by atoms with Crippen molar-refractivity contribution in [3.8, 4) is 0 Å². The zero-order chi connectivity index (χ0) is 19.7. The Morgan fingerprint density at radius 2 is 1.89 bits per heavy atom. The minimum absolute atomic E-state index is 0.0187. The van der Waals surface area contributed by atoms with Crippen molar-refractivity contribution in [3.63, 3.8) is 0 Å². The van der Waals surface area contributed by atoms with Crippen LogP contribution in [0.2, 0.25) is 0 Å². The van der Waals surface area contributed by atoms with Crippen molar-refractivity contribution < 1.29 is 23.6 Å². The molecule has 0 amide bonds. The lowest BCUT2D eigenvalue weighted by Crippen LogP contribution is -3.16. The fourth-order valence-electron chi connectivity index (χ4n) is 3.73. The van der Waals surface area contributed by atoms with E-state index in [1.807, 2.05) is 6.92 Å². The molecule has 1 aromatic heterocycles. The molecule has 0 bridgehead atoms. The Balaban J connectivity index is 1.84. The van der Waals surface area contributed by atoms with Gasteiger partial charge in [-0.05, 0) is 38.5 Å². The maximum absolute atomic E-state index is 13.2. The summed E-state index contributed by atoms with van der Waals surface area (Å²) in [6.07, 6.45) is 2.18. The lowest BCUT2D eigenvalue weighted by molar-refractivity contribution is -0.938. The van der Waals surface area contributed by atoms with Gasteiger partial charge in [0.2, 0.25) is 5.78 Å². The fourth-order valence-corrected chi connectivity index (χ4v) is 3.73. The number of hydrogen-bond donors (Lipinski definition) is 2. The van der Waals surface area contributed by atoms with Crippen LogP contribution in [0, 0.1) is 19.7 Å². The van der Waals surface area contributed by atoms with E-state index in [0.29, 0.717) is 35.1 Å². The van der Waals surface area contributed by atoms with Crippen molar-refractivity contribution in [2.75, 3.05) is 7.11 Å². The summed E-state index contributed by atoms with van der Waals surface area (Å²) in [7, 11) is 1.33. The van der Waals surface area contributed by atoms with Gasteiger partial charge in [0.25, 0.3) is 0 Å². The second kappa shape index (κ2) is 7.64. The Morgan fingerprint density at radius 1 is 1.26 bits per heavy atom. The third-order valence-corrected chi connectivity index (χ3v) is 5.45. The van der Waals surface area contributed by atoms with E-state index >= 15 is 0 Å². The Morgan fingerprint density at radius 3 is 2.44 bits per heavy atom. The summed E-state index contributed by atoms with van der Waals surface area (Å²) in [4.78, 5) is 29.4. The standard InChI is InChI=1S/C21H25FN2O3/c1-12-18(21(26)27-4)13(2)23-19(12)20(25)14(3)24(17-9-10-17)11-15-5-7-16(22)8-6-15/h5-8,14,17,23H,9-11H2,1-4H3/p+1/t14-/m0/s1. The molecule has 1 saturated carbocycles. The molecular weight excluding hydrogens is 347 g/mol. The van der Waals surface area contributed by atoms with Crippen molar-refractivity contribution in [1.29, 1.82) is 0 Å². The number of Topliss-reactive ketones (excluding diaryl/α,β-unsaturated/α-hetero) is 1. The summed E-state index contributed by atoms with van der Waals surface area (Å²) in [5.41, 5.74) is 3.18. The van der Waals surface area contributed by atoms with Gasteiger partial charge in [-0.25, -0.2) is 9.18 Å². The van der Waals surface area contributed by atoms with Gasteiger partial charge in [0, 0.05) is 24.1 Å². The van der Waals surface area contributed by atoms with E-state index in [4.69, 9.17) is 4.74 Å². The topological polar surface area (TPSA) is 63.6 Å². The van der Waals surface area contributed by atoms with Gasteiger partial charge in [-0.15, -0.1) is 0 Å². The minimum atomic E-state index is -0.439. The lowest BCUT2D eigenvalue weighted by Gasteiger charge is -2.25. The van der Waals surface area contributed by atoms with Gasteiger partial charge >= 0.3 is 5.97 Å². The van der Waals surface area contributed by atoms with E-state index in [9.17, 15) is 14.0 Å². The first-order chi connectivity index (χ1) is 12.8. The third-order valence-electron chi connectivity index (χ3n) is 5.45. The highest BCUT2D eigenvalue weighted by Gasteiger charge is 2.40. The number of esters is 1. The van der Waals surface area contributed by atoms with Crippen LogP contribution < -0.4 is 4.90 Å². The number of halogens is 1. The number of nitrogens with one attached hydrogen (secondary N) is 2. The van der Waals surface area contributed by atoms with Gasteiger partial charge < -0.3 is 14.6 Å². The van der Waals surface area contributed by atoms with Crippen LogP contribution in [0.1, 0.15) is 57.4 Å². The van der Waals surface area contributed by atoms with Crippen LogP contribution in [-0.4, -0.2) is 35.9 Å². The molecule has 0 saturated heterocycles. The minimum Gasteiger partial charge on any atom is -0.465 e. The van der Waals surface area contributed by atoms with Crippen molar-refractivity contribution in [3.05, 3.63) is 58.2 Å². The number of carbonyl (C=O) groups is 2. The van der Waals surface area contributed by atoms with Crippen molar-refractivity contribution in [2.24, 2.45) is 0 Å². The average molecular weight is 373 g/mol. The number of aromatic amines is 1. The SMILES string of the molecule is COC(=O)c1c(C)[nH]c(C(=O)[C@H](C)[NH+](Cc2ccc(F)cc2)C2CC2)c1C. The molecule has 0 aliphatic heterocycles. The van der Waals surface area contributed by atoms with Gasteiger partial charge in [0.15, 0.2) is 6.04 Å². The van der Waals surface area contributed by atoms with Gasteiger partial charge in [0.05, 0.1) is 24.4 Å². The van der Waals surface area contributed by atoms with Gasteiger partial charge in [-0.3, -0.25) is 4.79 Å². The molecule has 6 heteroatoms. The molecule has 1 fully saturated rings. The maximum atomic E-state index is 13.2. The van der Waals surface area contributed by atoms with Crippen molar-refractivity contribution in [2.45, 2.75) is 52.2 Å². The summed E-state index contributed by atoms with van der Waals surface area (Å²) < 4.78 is 18.0. The molecule has 27 heavy (non-hydrogen) atoms. The molecule has 0 spiro atoms. The van der Waals surface area contributed by atoms with E-state index in [0.717, 1.165) is 18.4 Å². The predicted molar refractivity (Wildman–Crippen MR) is 99.5 cm³/mol. The van der Waals surface area contributed by atoms with E-state index in [2.05, 4.69) is 4.98 Å². The largest absolute Gasteiger partial charge is 0.465 e. The highest BCUT2D eigenvalue weighted by molar-refractivity contribution is 6.03. The molecule has 1 aromatic carbocycles. The number of carbonyl (C=O) groups excluding carboxylic acids is 2. The molecule has 1 heterocycles. The van der Waals surface area contributed by atoms with Gasteiger partial charge in [-0.1, -0.05) is 12.1 Å². The number of aryl methyl sites for hydroxylation is 1. The normalized spacial score (nSPS) is 16.0. The molecule has 1 aliphatic carbocycles. The van der Waals surface area contributed by atoms with Crippen molar-refractivity contribution in [1.82, 2.24) is 4.98 Å². The second-order valence-electron chi connectivity index (χ2n) is 7.35. The highest BCUT2D eigenvalue weighted by atomic mass is 19.1. The van der Waals surface area contributed by atoms with Gasteiger partial charge in [-0.2, -0.15) is 0 Å². The number of hydrogen-bond acceptors (Lipinski definition) is 3. The van der Waals surface area contributed by atoms with E-state index in [1.54, 1.807) is 26.0 Å². The summed E-state index contributed by atoms with van der Waals surface area (Å²) in [5, 5.41) is 0. The third kappa shape index (κ3) is 3.95. The monoisotopic (exact) mass is 373 g/mol. The van der Waals surface area contributed by atoms with E-state index < -0.39 is 5.97 Å². The molecule has 2 N–H and O–H groups in total. The Labute approximate surface area is 158 Å². The number of methoxy groups -OCH3 is 1. The van der Waals surface area contributed by atoms with Crippen LogP contribution >= 0.6 is 0 Å². The maximum Gasteiger partial charge on any atom is 0.339 e. The number of rotatable bonds is 7. The first-order valence-electron chi connectivity index (χ1n) is 9.25. The number of aromatic nitrogens is 1. The molecule has 5 nitrogen and oxygen atoms in total. The molecular formula is C21H26FN2O3+. The first kappa shape index (κ1) is 19.3. The quantitative estimate of drug-likeness (QED) is 0.579. The Kier molecular flexibility index (Phi) is 5.46. The molecule has 3 rings (SSSR count). The summed E-state index contributed by atoms with van der Waals surface area (Å²) >= 11 is 0. The zero-order valence-electron chi connectivity index (χ0n) is 16.2. The van der Waals surface area contributed by atoms with Crippen molar-refractivity contribution >= 4 is 11.8 Å². The second-order valence-corrected chi connectivity index (χ2v) is 7.35. The van der Waals surface area contributed by atoms with Crippen LogP contribution in [0.15, 0.2) is 24.3 Å². The number of quaternary nitrogens is 1. The Bertz CT molecular complexity index is 853. The van der Waals surface area contributed by atoms with Crippen LogP contribution in [0.25, 0.3) is 0 Å². The van der Waals surface area contributed by atoms with Crippen LogP contribution in [0.4, 0.5) is 4.39 Å². The molecule has 2 aromatic rings. The summed E-state index contributed by atoms with van der Waals surface area (Å²) in [6, 6.07) is 6.61. The number of ether oxygens (including phenoxy) is 1. The fraction of sp³-hybridized carbons (Fsp3) is 0.429. The number of H-pyrrole nitrogens is 1. The zero-order valence-corrected chi connectivity index (χ0v) is 16.2. The predicted octanol–water partition coefficient (Wildman–Crippen LogP) is 2.38. The summed E-state index contributed by atoms with van der Waals surface area (Å²) in [5.74, 6) is -0.718. The summed E-state index contributed by atoms with van der Waals surface area (Å²) in [6.45, 7) is 6.13.